The Kier molecular flexibility index (Phi) is 5.19. The van der Waals surface area contributed by atoms with Gasteiger partial charge in [-0.3, -0.25) is 4.79 Å². The highest BCUT2D eigenvalue weighted by molar-refractivity contribution is 5.79. The summed E-state index contributed by atoms with van der Waals surface area (Å²) in [6.07, 6.45) is -4.35. The standard InChI is InChI=1S/C21H18F3N3O3/c1-29-16-8-6-13(7-9-16)20-25-19(26-30-20)15-10-18(28)27(12-15)11-14-4-2-3-5-17(14)21(22,23)24/h2-9,15H,10-12H2,1H3. The molecule has 0 N–H and O–H groups in total. The number of carbonyl (C=O) groups is 1. The van der Waals surface area contributed by atoms with Crippen LogP contribution >= 0.6 is 0 Å². The minimum Gasteiger partial charge on any atom is -0.497 e. The van der Waals surface area contributed by atoms with Gasteiger partial charge in [0.25, 0.3) is 5.89 Å². The molecule has 6 nitrogen and oxygen atoms in total. The van der Waals surface area contributed by atoms with Crippen molar-refractivity contribution in [3.8, 4) is 17.2 Å². The molecule has 1 aromatic heterocycles. The minimum absolute atomic E-state index is 0.0611. The molecule has 2 heterocycles. The SMILES string of the molecule is COc1ccc(-c2nc(C3CC(=O)N(Cc4ccccc4C(F)(F)F)C3)no2)cc1. The third kappa shape index (κ3) is 4.00. The lowest BCUT2D eigenvalue weighted by Gasteiger charge is -2.19. The molecule has 2 aromatic carbocycles. The van der Waals surface area contributed by atoms with Crippen molar-refractivity contribution < 1.29 is 27.2 Å². The molecule has 156 valence electrons. The van der Waals surface area contributed by atoms with Gasteiger partial charge in [-0.15, -0.1) is 0 Å². The van der Waals surface area contributed by atoms with Gasteiger partial charge in [0, 0.05) is 31.0 Å². The van der Waals surface area contributed by atoms with Crippen LogP contribution in [0.15, 0.2) is 53.1 Å². The van der Waals surface area contributed by atoms with E-state index in [-0.39, 0.29) is 36.9 Å². The molecule has 1 aliphatic rings. The molecule has 1 unspecified atom stereocenters. The quantitative estimate of drug-likeness (QED) is 0.620. The second kappa shape index (κ2) is 7.81. The fourth-order valence-corrected chi connectivity index (χ4v) is 3.49. The van der Waals surface area contributed by atoms with Crippen molar-refractivity contribution >= 4 is 5.91 Å². The summed E-state index contributed by atoms with van der Waals surface area (Å²) in [7, 11) is 1.57. The van der Waals surface area contributed by atoms with Crippen LogP contribution in [0.3, 0.4) is 0 Å². The van der Waals surface area contributed by atoms with Gasteiger partial charge in [0.15, 0.2) is 5.82 Å². The van der Waals surface area contributed by atoms with Gasteiger partial charge in [-0.1, -0.05) is 23.4 Å². The highest BCUT2D eigenvalue weighted by Crippen LogP contribution is 2.34. The first-order valence-electron chi connectivity index (χ1n) is 9.26. The monoisotopic (exact) mass is 417 g/mol. The smallest absolute Gasteiger partial charge is 0.416 e. The third-order valence-corrected chi connectivity index (χ3v) is 5.04. The minimum atomic E-state index is -4.47. The van der Waals surface area contributed by atoms with E-state index in [4.69, 9.17) is 9.26 Å². The first-order valence-corrected chi connectivity index (χ1v) is 9.26. The van der Waals surface area contributed by atoms with Crippen molar-refractivity contribution in [2.75, 3.05) is 13.7 Å². The Morgan fingerprint density at radius 1 is 1.17 bits per heavy atom. The fourth-order valence-electron chi connectivity index (χ4n) is 3.49. The van der Waals surface area contributed by atoms with E-state index in [0.29, 0.717) is 23.0 Å². The molecular formula is C21H18F3N3O3. The van der Waals surface area contributed by atoms with E-state index >= 15 is 0 Å². The number of carbonyl (C=O) groups excluding carboxylic acids is 1. The van der Waals surface area contributed by atoms with Gasteiger partial charge in [-0.2, -0.15) is 18.2 Å². The molecule has 9 heteroatoms. The van der Waals surface area contributed by atoms with Crippen LogP contribution in [0.4, 0.5) is 13.2 Å². The van der Waals surface area contributed by atoms with Crippen LogP contribution in [-0.4, -0.2) is 34.6 Å². The molecule has 0 radical (unpaired) electrons. The number of alkyl halides is 3. The van der Waals surface area contributed by atoms with Crippen LogP contribution in [0.25, 0.3) is 11.5 Å². The molecule has 1 aliphatic heterocycles. The highest BCUT2D eigenvalue weighted by Gasteiger charge is 2.37. The largest absolute Gasteiger partial charge is 0.497 e. The molecule has 0 saturated carbocycles. The predicted octanol–water partition coefficient (Wildman–Crippen LogP) is 4.28. The maximum Gasteiger partial charge on any atom is 0.416 e. The van der Waals surface area contributed by atoms with E-state index in [1.54, 1.807) is 31.4 Å². The maximum atomic E-state index is 13.2. The number of likely N-dealkylation sites (tertiary alicyclic amines) is 1. The van der Waals surface area contributed by atoms with Gasteiger partial charge >= 0.3 is 6.18 Å². The molecular weight excluding hydrogens is 399 g/mol. The zero-order chi connectivity index (χ0) is 21.3. The Morgan fingerprint density at radius 2 is 1.90 bits per heavy atom. The lowest BCUT2D eigenvalue weighted by Crippen LogP contribution is -2.26. The first-order chi connectivity index (χ1) is 14.3. The summed E-state index contributed by atoms with van der Waals surface area (Å²) in [6.45, 7) is 0.112. The number of hydrogen-bond donors (Lipinski definition) is 0. The van der Waals surface area contributed by atoms with Gasteiger partial charge in [0.1, 0.15) is 5.75 Å². The number of amides is 1. The first kappa shape index (κ1) is 19.9. The van der Waals surface area contributed by atoms with E-state index in [1.165, 1.54) is 23.1 Å². The number of rotatable bonds is 5. The van der Waals surface area contributed by atoms with E-state index in [0.717, 1.165) is 6.07 Å². The van der Waals surface area contributed by atoms with E-state index < -0.39 is 11.7 Å². The van der Waals surface area contributed by atoms with Gasteiger partial charge in [-0.05, 0) is 35.9 Å². The van der Waals surface area contributed by atoms with Crippen molar-refractivity contribution in [3.63, 3.8) is 0 Å². The van der Waals surface area contributed by atoms with Crippen molar-refractivity contribution in [2.45, 2.75) is 25.1 Å². The second-order valence-electron chi connectivity index (χ2n) is 7.02. The zero-order valence-electron chi connectivity index (χ0n) is 16.0. The number of halogens is 3. The molecule has 0 spiro atoms. The summed E-state index contributed by atoms with van der Waals surface area (Å²) in [5.41, 5.74) is 0.0310. The second-order valence-corrected chi connectivity index (χ2v) is 7.02. The molecule has 0 aliphatic carbocycles. The van der Waals surface area contributed by atoms with Gasteiger partial charge < -0.3 is 14.2 Å². The number of hydrogen-bond acceptors (Lipinski definition) is 5. The number of benzene rings is 2. The van der Waals surface area contributed by atoms with Gasteiger partial charge in [0.05, 0.1) is 12.7 Å². The fraction of sp³-hybridized carbons (Fsp3) is 0.286. The average Bonchev–Trinajstić information content (AvgIpc) is 3.35. The van der Waals surface area contributed by atoms with Crippen molar-refractivity contribution in [2.24, 2.45) is 0 Å². The Bertz CT molecular complexity index is 1050. The highest BCUT2D eigenvalue weighted by atomic mass is 19.4. The molecule has 0 bridgehead atoms. The van der Waals surface area contributed by atoms with Crippen LogP contribution in [0.1, 0.15) is 29.3 Å². The molecule has 1 saturated heterocycles. The Morgan fingerprint density at radius 3 is 2.60 bits per heavy atom. The van der Waals surface area contributed by atoms with Crippen molar-refractivity contribution in [1.82, 2.24) is 15.0 Å². The average molecular weight is 417 g/mol. The van der Waals surface area contributed by atoms with E-state index in [9.17, 15) is 18.0 Å². The van der Waals surface area contributed by atoms with Crippen LogP contribution in [0.2, 0.25) is 0 Å². The summed E-state index contributed by atoms with van der Waals surface area (Å²) in [6, 6.07) is 12.3. The topological polar surface area (TPSA) is 68.5 Å². The number of nitrogens with zero attached hydrogens (tertiary/aromatic N) is 3. The van der Waals surface area contributed by atoms with Crippen LogP contribution in [0.5, 0.6) is 5.75 Å². The summed E-state index contributed by atoms with van der Waals surface area (Å²) in [5, 5.41) is 3.97. The lowest BCUT2D eigenvalue weighted by molar-refractivity contribution is -0.139. The lowest BCUT2D eigenvalue weighted by atomic mass is 10.1. The summed E-state index contributed by atoms with van der Waals surface area (Å²) in [4.78, 5) is 18.2. The van der Waals surface area contributed by atoms with E-state index in [2.05, 4.69) is 10.1 Å². The summed E-state index contributed by atoms with van der Waals surface area (Å²) < 4.78 is 50.1. The Hall–Kier alpha value is -3.36. The predicted molar refractivity (Wildman–Crippen MR) is 101 cm³/mol. The summed E-state index contributed by atoms with van der Waals surface area (Å²) >= 11 is 0. The third-order valence-electron chi connectivity index (χ3n) is 5.04. The Balaban J connectivity index is 1.49. The van der Waals surface area contributed by atoms with Crippen molar-refractivity contribution in [3.05, 3.63) is 65.5 Å². The molecule has 30 heavy (non-hydrogen) atoms. The number of methoxy groups -OCH3 is 1. The van der Waals surface area contributed by atoms with Crippen LogP contribution in [0, 0.1) is 0 Å². The molecule has 4 rings (SSSR count). The number of aromatic nitrogens is 2. The van der Waals surface area contributed by atoms with Crippen molar-refractivity contribution in [1.29, 1.82) is 0 Å². The zero-order valence-corrected chi connectivity index (χ0v) is 16.0. The Labute approximate surface area is 170 Å². The van der Waals surface area contributed by atoms with Crippen LogP contribution < -0.4 is 4.74 Å². The molecule has 1 fully saturated rings. The maximum absolute atomic E-state index is 13.2. The normalized spacial score (nSPS) is 16.9. The molecule has 3 aromatic rings. The van der Waals surface area contributed by atoms with Crippen LogP contribution in [-0.2, 0) is 17.5 Å². The molecule has 1 atom stereocenters. The summed E-state index contributed by atoms with van der Waals surface area (Å²) in [5.74, 6) is 0.774. The van der Waals surface area contributed by atoms with Gasteiger partial charge in [0.2, 0.25) is 5.91 Å². The molecule has 1 amide bonds. The van der Waals surface area contributed by atoms with Gasteiger partial charge in [-0.25, -0.2) is 0 Å². The number of ether oxygens (including phenoxy) is 1. The van der Waals surface area contributed by atoms with E-state index in [1.807, 2.05) is 0 Å².